The fraction of sp³-hybridized carbons (Fsp3) is 0.316. The van der Waals surface area contributed by atoms with Crippen LogP contribution in [0.15, 0.2) is 30.5 Å². The molecule has 0 radical (unpaired) electrons. The number of nitrogens with zero attached hydrogens (tertiary/aromatic N) is 3. The molecule has 9 heteroatoms. The molecule has 1 N–H and O–H groups in total. The molecule has 2 aromatic heterocycles. The van der Waals surface area contributed by atoms with Crippen molar-refractivity contribution in [2.45, 2.75) is 32.5 Å². The maximum Gasteiger partial charge on any atom is 0.416 e. The predicted molar refractivity (Wildman–Crippen MR) is 99.4 cm³/mol. The maximum atomic E-state index is 12.7. The van der Waals surface area contributed by atoms with Gasteiger partial charge < -0.3 is 5.32 Å². The number of amides is 1. The molecule has 1 fully saturated rings. The molecule has 28 heavy (non-hydrogen) atoms. The van der Waals surface area contributed by atoms with Crippen LogP contribution < -0.4 is 5.32 Å². The van der Waals surface area contributed by atoms with Crippen molar-refractivity contribution < 1.29 is 18.0 Å². The highest BCUT2D eigenvalue weighted by atomic mass is 35.5. The molecule has 0 spiro atoms. The van der Waals surface area contributed by atoms with Crippen LogP contribution in [-0.4, -0.2) is 20.7 Å². The van der Waals surface area contributed by atoms with Crippen LogP contribution in [0.5, 0.6) is 0 Å². The van der Waals surface area contributed by atoms with Crippen LogP contribution in [0.4, 0.5) is 18.9 Å². The van der Waals surface area contributed by atoms with Crippen LogP contribution in [0.1, 0.15) is 34.5 Å². The summed E-state index contributed by atoms with van der Waals surface area (Å²) in [6.07, 6.45) is -0.725. The minimum atomic E-state index is -4.43. The molecular weight excluding hydrogens is 393 g/mol. The number of hydrogen-bond donors (Lipinski definition) is 1. The lowest BCUT2D eigenvalue weighted by Crippen LogP contribution is -2.14. The van der Waals surface area contributed by atoms with Gasteiger partial charge in [-0.05, 0) is 49.9 Å². The summed E-state index contributed by atoms with van der Waals surface area (Å²) in [5.74, 6) is 0.0548. The zero-order valence-corrected chi connectivity index (χ0v) is 15.6. The van der Waals surface area contributed by atoms with Crippen LogP contribution >= 0.6 is 11.6 Å². The Morgan fingerprint density at radius 1 is 1.29 bits per heavy atom. The van der Waals surface area contributed by atoms with Gasteiger partial charge in [0.1, 0.15) is 0 Å². The van der Waals surface area contributed by atoms with E-state index in [-0.39, 0.29) is 16.3 Å². The first kappa shape index (κ1) is 18.7. The van der Waals surface area contributed by atoms with Crippen molar-refractivity contribution in [1.82, 2.24) is 14.8 Å². The van der Waals surface area contributed by atoms with E-state index in [1.54, 1.807) is 6.92 Å². The number of aromatic nitrogens is 3. The Morgan fingerprint density at radius 3 is 2.57 bits per heavy atom. The number of carbonyl (C=O) groups excluding carboxylic acids is 1. The van der Waals surface area contributed by atoms with Crippen LogP contribution in [0.2, 0.25) is 5.02 Å². The molecule has 1 saturated carbocycles. The first-order valence-corrected chi connectivity index (χ1v) is 9.12. The molecule has 1 aliphatic rings. The lowest BCUT2D eigenvalue weighted by atomic mass is 10.1. The van der Waals surface area contributed by atoms with Crippen LogP contribution in [0, 0.1) is 12.8 Å². The fourth-order valence-corrected chi connectivity index (χ4v) is 3.40. The number of hydrogen-bond acceptors (Lipinski definition) is 3. The number of alkyl halides is 3. The van der Waals surface area contributed by atoms with E-state index in [0.29, 0.717) is 22.6 Å². The number of aryl methyl sites for hydroxylation is 1. The summed E-state index contributed by atoms with van der Waals surface area (Å²) >= 11 is 6.46. The number of rotatable bonds is 4. The largest absolute Gasteiger partial charge is 0.416 e. The highest BCUT2D eigenvalue weighted by molar-refractivity contribution is 6.39. The molecule has 5 nitrogen and oxygen atoms in total. The standard InChI is InChI=1S/C19H16ClF3N4O/c1-10-15-16(20)14(8-24-17(15)27(26-10)9-11-2-3-11)18(28)25-13-6-4-12(5-7-13)19(21,22)23/h4-8,11H,2-3,9H2,1H3,(H,25,28). The van der Waals surface area contributed by atoms with Gasteiger partial charge in [0.15, 0.2) is 5.65 Å². The molecule has 1 amide bonds. The van der Waals surface area contributed by atoms with Gasteiger partial charge in [0.2, 0.25) is 0 Å². The Bertz CT molecular complexity index is 1060. The van der Waals surface area contributed by atoms with Crippen LogP contribution in [-0.2, 0) is 12.7 Å². The highest BCUT2D eigenvalue weighted by Gasteiger charge is 2.30. The molecule has 0 atom stereocenters. The number of benzene rings is 1. The summed E-state index contributed by atoms with van der Waals surface area (Å²) in [7, 11) is 0. The molecule has 2 heterocycles. The third-order valence-corrected chi connectivity index (χ3v) is 5.11. The fourth-order valence-electron chi connectivity index (χ4n) is 3.05. The summed E-state index contributed by atoms with van der Waals surface area (Å²) in [6.45, 7) is 2.57. The van der Waals surface area contributed by atoms with Gasteiger partial charge in [-0.3, -0.25) is 4.79 Å². The molecule has 0 saturated heterocycles. The van der Waals surface area contributed by atoms with Crippen LogP contribution in [0.25, 0.3) is 11.0 Å². The predicted octanol–water partition coefficient (Wildman–Crippen LogP) is 5.07. The Labute approximate surface area is 163 Å². The van der Waals surface area contributed by atoms with E-state index < -0.39 is 17.6 Å². The second-order valence-electron chi connectivity index (χ2n) is 6.92. The normalized spacial score (nSPS) is 14.5. The summed E-state index contributed by atoms with van der Waals surface area (Å²) < 4.78 is 39.8. The molecule has 146 valence electrons. The zero-order valence-electron chi connectivity index (χ0n) is 14.8. The second kappa shape index (κ2) is 6.77. The van der Waals surface area contributed by atoms with Gasteiger partial charge in [-0.25, -0.2) is 9.67 Å². The molecule has 0 bridgehead atoms. The van der Waals surface area contributed by atoms with Gasteiger partial charge in [0.25, 0.3) is 5.91 Å². The first-order chi connectivity index (χ1) is 13.2. The van der Waals surface area contributed by atoms with Gasteiger partial charge in [0.05, 0.1) is 27.2 Å². The Balaban J connectivity index is 1.60. The zero-order chi connectivity index (χ0) is 20.1. The third kappa shape index (κ3) is 3.56. The molecule has 0 unspecified atom stereocenters. The first-order valence-electron chi connectivity index (χ1n) is 8.74. The van der Waals surface area contributed by atoms with Crippen molar-refractivity contribution in [2.75, 3.05) is 5.32 Å². The molecule has 4 rings (SSSR count). The number of carbonyl (C=O) groups is 1. The SMILES string of the molecule is Cc1nn(CC2CC2)c2ncc(C(=O)Nc3ccc(C(F)(F)F)cc3)c(Cl)c12. The molecule has 0 aliphatic heterocycles. The van der Waals surface area contributed by atoms with Crippen molar-refractivity contribution >= 4 is 34.2 Å². The smallest absolute Gasteiger partial charge is 0.322 e. The van der Waals surface area contributed by atoms with E-state index >= 15 is 0 Å². The monoisotopic (exact) mass is 408 g/mol. The minimum Gasteiger partial charge on any atom is -0.322 e. The average molecular weight is 409 g/mol. The minimum absolute atomic E-state index is 0.142. The summed E-state index contributed by atoms with van der Waals surface area (Å²) in [5, 5.41) is 7.88. The van der Waals surface area contributed by atoms with Gasteiger partial charge in [-0.2, -0.15) is 18.3 Å². The van der Waals surface area contributed by atoms with Gasteiger partial charge in [0, 0.05) is 18.4 Å². The lowest BCUT2D eigenvalue weighted by Gasteiger charge is -2.10. The molecule has 1 aliphatic carbocycles. The number of halogens is 4. The maximum absolute atomic E-state index is 12.7. The van der Waals surface area contributed by atoms with E-state index in [9.17, 15) is 18.0 Å². The molecule has 1 aromatic carbocycles. The van der Waals surface area contributed by atoms with Crippen molar-refractivity contribution in [1.29, 1.82) is 0 Å². The van der Waals surface area contributed by atoms with Crippen molar-refractivity contribution in [2.24, 2.45) is 5.92 Å². The summed E-state index contributed by atoms with van der Waals surface area (Å²) in [5.41, 5.74) is 0.890. The number of anilines is 1. The molecular formula is C19H16ClF3N4O. The van der Waals surface area contributed by atoms with E-state index in [4.69, 9.17) is 11.6 Å². The average Bonchev–Trinajstić information content (AvgIpc) is 3.38. The quantitative estimate of drug-likeness (QED) is 0.655. The van der Waals surface area contributed by atoms with E-state index in [1.807, 2.05) is 4.68 Å². The summed E-state index contributed by atoms with van der Waals surface area (Å²) in [4.78, 5) is 16.9. The van der Waals surface area contributed by atoms with Gasteiger partial charge >= 0.3 is 6.18 Å². The number of nitrogens with one attached hydrogen (secondary N) is 1. The topological polar surface area (TPSA) is 59.8 Å². The molecule has 3 aromatic rings. The Morgan fingerprint density at radius 2 is 1.96 bits per heavy atom. The summed E-state index contributed by atoms with van der Waals surface area (Å²) in [6, 6.07) is 4.20. The van der Waals surface area contributed by atoms with Gasteiger partial charge in [-0.1, -0.05) is 11.6 Å². The highest BCUT2D eigenvalue weighted by Crippen LogP contribution is 2.34. The Hall–Kier alpha value is -2.61. The number of pyridine rings is 1. The van der Waals surface area contributed by atoms with E-state index in [2.05, 4.69) is 15.4 Å². The van der Waals surface area contributed by atoms with E-state index in [0.717, 1.165) is 18.7 Å². The van der Waals surface area contributed by atoms with Crippen molar-refractivity contribution in [3.63, 3.8) is 0 Å². The second-order valence-corrected chi connectivity index (χ2v) is 7.30. The van der Waals surface area contributed by atoms with Gasteiger partial charge in [-0.15, -0.1) is 0 Å². The number of fused-ring (bicyclic) bond motifs is 1. The van der Waals surface area contributed by atoms with Crippen LogP contribution in [0.3, 0.4) is 0 Å². The lowest BCUT2D eigenvalue weighted by molar-refractivity contribution is -0.137. The van der Waals surface area contributed by atoms with Crippen molar-refractivity contribution in [3.05, 3.63) is 52.3 Å². The van der Waals surface area contributed by atoms with E-state index in [1.165, 1.54) is 31.2 Å². The Kier molecular flexibility index (Phi) is 4.53. The third-order valence-electron chi connectivity index (χ3n) is 4.72. The van der Waals surface area contributed by atoms with Crippen molar-refractivity contribution in [3.8, 4) is 0 Å².